The first-order valence-electron chi connectivity index (χ1n) is 8.94. The smallest absolute Gasteiger partial charge is 0.344 e. The average molecular weight is 531 g/mol. The van der Waals surface area contributed by atoms with Gasteiger partial charge in [0, 0.05) is 0 Å². The number of benzene rings is 2. The molecule has 0 spiro atoms. The molecule has 2 rings (SSSR count). The van der Waals surface area contributed by atoms with Gasteiger partial charge < -0.3 is 14.8 Å². The fraction of sp³-hybridized carbons (Fsp3) is 0.200. The Kier molecular flexibility index (Phi) is 9.77. The summed E-state index contributed by atoms with van der Waals surface area (Å²) in [5.41, 5.74) is 3.22. The van der Waals surface area contributed by atoms with Crippen LogP contribution in [0.3, 0.4) is 0 Å². The number of anilines is 1. The second kappa shape index (κ2) is 12.3. The van der Waals surface area contributed by atoms with Crippen molar-refractivity contribution in [2.75, 3.05) is 18.5 Å². The van der Waals surface area contributed by atoms with E-state index in [0.717, 1.165) is 0 Å². The number of carbonyl (C=O) groups excluding carboxylic acids is 3. The van der Waals surface area contributed by atoms with Crippen LogP contribution < -0.4 is 15.5 Å². The van der Waals surface area contributed by atoms with Crippen molar-refractivity contribution in [3.8, 4) is 5.75 Å². The third-order valence-electron chi connectivity index (χ3n) is 3.56. The van der Waals surface area contributed by atoms with Crippen molar-refractivity contribution >= 4 is 68.8 Å². The quantitative estimate of drug-likeness (QED) is 0.219. The predicted octanol–water partition coefficient (Wildman–Crippen LogP) is 4.18. The Hall–Kier alpha value is -2.62. The van der Waals surface area contributed by atoms with Crippen LogP contribution in [0.1, 0.15) is 18.9 Å². The van der Waals surface area contributed by atoms with Gasteiger partial charge in [0.2, 0.25) is 11.8 Å². The summed E-state index contributed by atoms with van der Waals surface area (Å²) in [5, 5.41) is 6.81. The Balaban J connectivity index is 1.83. The number of carbonyl (C=O) groups is 3. The highest BCUT2D eigenvalue weighted by molar-refractivity contribution is 9.10. The standard InChI is InChI=1S/C20H18BrCl2N3O5/c1-2-30-19(29)11-31-16-7-6-12(8-13(16)21)10-24-26-18(28)9-17(27)25-15-5-3-4-14(22)20(15)23/h3-8,10H,2,9,11H2,1H3,(H,25,27)(H,26,28). The van der Waals surface area contributed by atoms with Crippen LogP contribution in [0.4, 0.5) is 5.69 Å². The van der Waals surface area contributed by atoms with E-state index >= 15 is 0 Å². The molecule has 2 aromatic carbocycles. The molecule has 2 N–H and O–H groups in total. The number of esters is 1. The number of halogens is 3. The summed E-state index contributed by atoms with van der Waals surface area (Å²) in [6.45, 7) is 1.78. The first-order chi connectivity index (χ1) is 14.8. The zero-order valence-corrected chi connectivity index (χ0v) is 19.4. The number of ether oxygens (including phenoxy) is 2. The predicted molar refractivity (Wildman–Crippen MR) is 122 cm³/mol. The molecule has 0 atom stereocenters. The number of rotatable bonds is 9. The van der Waals surface area contributed by atoms with Crippen molar-refractivity contribution in [1.82, 2.24) is 5.43 Å². The second-order valence-electron chi connectivity index (χ2n) is 5.90. The summed E-state index contributed by atoms with van der Waals surface area (Å²) in [5.74, 6) is -1.20. The van der Waals surface area contributed by atoms with Gasteiger partial charge in [0.05, 0.1) is 33.0 Å². The SMILES string of the molecule is CCOC(=O)COc1ccc(C=NNC(=O)CC(=O)Nc2cccc(Cl)c2Cl)cc1Br. The summed E-state index contributed by atoms with van der Waals surface area (Å²) in [6.07, 6.45) is 0.939. The van der Waals surface area contributed by atoms with Crippen LogP contribution in [0.5, 0.6) is 5.75 Å². The normalized spacial score (nSPS) is 10.6. The summed E-state index contributed by atoms with van der Waals surface area (Å²) < 4.78 is 10.7. The highest BCUT2D eigenvalue weighted by Gasteiger charge is 2.12. The van der Waals surface area contributed by atoms with E-state index in [1.807, 2.05) is 0 Å². The van der Waals surface area contributed by atoms with Gasteiger partial charge in [0.15, 0.2) is 6.61 Å². The minimum absolute atomic E-state index is 0.191. The molecule has 164 valence electrons. The van der Waals surface area contributed by atoms with E-state index in [9.17, 15) is 14.4 Å². The zero-order valence-electron chi connectivity index (χ0n) is 16.3. The summed E-state index contributed by atoms with van der Waals surface area (Å²) in [7, 11) is 0. The summed E-state index contributed by atoms with van der Waals surface area (Å²) in [6, 6.07) is 9.77. The van der Waals surface area contributed by atoms with Crippen LogP contribution in [0.15, 0.2) is 46.0 Å². The minimum Gasteiger partial charge on any atom is -0.481 e. The Morgan fingerprint density at radius 3 is 2.65 bits per heavy atom. The molecular weight excluding hydrogens is 513 g/mol. The van der Waals surface area contributed by atoms with Crippen LogP contribution >= 0.6 is 39.1 Å². The molecule has 31 heavy (non-hydrogen) atoms. The number of nitrogens with one attached hydrogen (secondary N) is 2. The van der Waals surface area contributed by atoms with E-state index in [0.29, 0.717) is 21.5 Å². The Morgan fingerprint density at radius 1 is 1.16 bits per heavy atom. The van der Waals surface area contributed by atoms with Crippen molar-refractivity contribution in [1.29, 1.82) is 0 Å². The lowest BCUT2D eigenvalue weighted by atomic mass is 10.2. The van der Waals surface area contributed by atoms with E-state index in [1.165, 1.54) is 6.21 Å². The van der Waals surface area contributed by atoms with Crippen molar-refractivity contribution < 1.29 is 23.9 Å². The second-order valence-corrected chi connectivity index (χ2v) is 7.54. The lowest BCUT2D eigenvalue weighted by Gasteiger charge is -2.08. The molecule has 2 amide bonds. The van der Waals surface area contributed by atoms with Crippen LogP contribution in [0, 0.1) is 0 Å². The van der Waals surface area contributed by atoms with E-state index in [1.54, 1.807) is 43.3 Å². The van der Waals surface area contributed by atoms with Crippen molar-refractivity contribution in [3.63, 3.8) is 0 Å². The van der Waals surface area contributed by atoms with Crippen molar-refractivity contribution in [2.45, 2.75) is 13.3 Å². The number of hydrazone groups is 1. The molecule has 0 saturated heterocycles. The van der Waals surface area contributed by atoms with Gasteiger partial charge in [-0.1, -0.05) is 29.3 Å². The van der Waals surface area contributed by atoms with Gasteiger partial charge in [-0.05, 0) is 58.7 Å². The largest absolute Gasteiger partial charge is 0.481 e. The fourth-order valence-corrected chi connectivity index (χ4v) is 3.07. The van der Waals surface area contributed by atoms with E-state index < -0.39 is 24.2 Å². The maximum Gasteiger partial charge on any atom is 0.344 e. The van der Waals surface area contributed by atoms with E-state index in [4.69, 9.17) is 32.7 Å². The van der Waals surface area contributed by atoms with Gasteiger partial charge in [-0.25, -0.2) is 10.2 Å². The Labute approximate surface area is 197 Å². The first-order valence-corrected chi connectivity index (χ1v) is 10.5. The first kappa shape index (κ1) is 24.6. The molecule has 0 bridgehead atoms. The van der Waals surface area contributed by atoms with Gasteiger partial charge in [0.1, 0.15) is 12.2 Å². The zero-order chi connectivity index (χ0) is 22.8. The maximum atomic E-state index is 12.0. The van der Waals surface area contributed by atoms with E-state index in [2.05, 4.69) is 31.8 Å². The van der Waals surface area contributed by atoms with Crippen LogP contribution in [0.2, 0.25) is 10.0 Å². The molecule has 0 unspecified atom stereocenters. The average Bonchev–Trinajstić information content (AvgIpc) is 2.71. The molecular formula is C20H18BrCl2N3O5. The molecule has 0 radical (unpaired) electrons. The Bertz CT molecular complexity index is 1000. The summed E-state index contributed by atoms with van der Waals surface area (Å²) in [4.78, 5) is 35.2. The maximum absolute atomic E-state index is 12.0. The molecule has 0 aliphatic heterocycles. The van der Waals surface area contributed by atoms with Crippen LogP contribution in [-0.2, 0) is 19.1 Å². The lowest BCUT2D eigenvalue weighted by molar-refractivity contribution is -0.145. The topological polar surface area (TPSA) is 106 Å². The highest BCUT2D eigenvalue weighted by atomic mass is 79.9. The molecule has 8 nitrogen and oxygen atoms in total. The Morgan fingerprint density at radius 2 is 1.94 bits per heavy atom. The monoisotopic (exact) mass is 529 g/mol. The van der Waals surface area contributed by atoms with Gasteiger partial charge in [0.25, 0.3) is 0 Å². The van der Waals surface area contributed by atoms with Crippen LogP contribution in [-0.4, -0.2) is 37.2 Å². The van der Waals surface area contributed by atoms with Crippen LogP contribution in [0.25, 0.3) is 0 Å². The molecule has 2 aromatic rings. The third kappa shape index (κ3) is 8.20. The number of hydrogen-bond acceptors (Lipinski definition) is 6. The molecule has 11 heteroatoms. The van der Waals surface area contributed by atoms with Gasteiger partial charge in [-0.3, -0.25) is 9.59 Å². The highest BCUT2D eigenvalue weighted by Crippen LogP contribution is 2.29. The number of hydrogen-bond donors (Lipinski definition) is 2. The van der Waals surface area contributed by atoms with Gasteiger partial charge in [-0.15, -0.1) is 0 Å². The van der Waals surface area contributed by atoms with Crippen molar-refractivity contribution in [2.24, 2.45) is 5.10 Å². The fourth-order valence-electron chi connectivity index (χ4n) is 2.21. The molecule has 0 aliphatic rings. The van der Waals surface area contributed by atoms with Gasteiger partial charge >= 0.3 is 5.97 Å². The molecule has 0 heterocycles. The third-order valence-corrected chi connectivity index (χ3v) is 5.00. The van der Waals surface area contributed by atoms with Crippen molar-refractivity contribution in [3.05, 3.63) is 56.5 Å². The molecule has 0 fully saturated rings. The lowest BCUT2D eigenvalue weighted by Crippen LogP contribution is -2.24. The minimum atomic E-state index is -0.611. The molecule has 0 saturated carbocycles. The molecule has 0 aliphatic carbocycles. The molecule has 0 aromatic heterocycles. The van der Waals surface area contributed by atoms with Gasteiger partial charge in [-0.2, -0.15) is 5.10 Å². The number of nitrogens with zero attached hydrogens (tertiary/aromatic N) is 1. The summed E-state index contributed by atoms with van der Waals surface area (Å²) >= 11 is 15.2. The van der Waals surface area contributed by atoms with E-state index in [-0.39, 0.29) is 23.3 Å². The number of amides is 2.